The number of nitrogens with zero attached hydrogens (tertiary/aromatic N) is 1. The van der Waals surface area contributed by atoms with Gasteiger partial charge in [0.1, 0.15) is 12.6 Å². The Morgan fingerprint density at radius 3 is 2.69 bits per heavy atom. The molecule has 0 saturated heterocycles. The zero-order valence-corrected chi connectivity index (χ0v) is 8.16. The van der Waals surface area contributed by atoms with Gasteiger partial charge in [-0.25, -0.2) is 4.99 Å². The van der Waals surface area contributed by atoms with Crippen molar-refractivity contribution in [1.29, 1.82) is 0 Å². The van der Waals surface area contributed by atoms with E-state index < -0.39 is 17.8 Å². The second-order valence-electron chi connectivity index (χ2n) is 3.42. The molecule has 0 aromatic heterocycles. The molecule has 86 valence electrons. The Balaban J connectivity index is 2.30. The highest BCUT2D eigenvalue weighted by Gasteiger charge is 2.31. The number of nitrogens with two attached hydrogens (primary N) is 1. The second kappa shape index (κ2) is 3.70. The monoisotopic (exact) mass is 230 g/mol. The summed E-state index contributed by atoms with van der Waals surface area (Å²) in [5, 5.41) is 0. The van der Waals surface area contributed by atoms with Gasteiger partial charge in [-0.05, 0) is 17.7 Å². The summed E-state index contributed by atoms with van der Waals surface area (Å²) >= 11 is 0. The SMILES string of the molecule is NC1=NC(c2cccc(C(F)(F)F)c2)CO1. The van der Waals surface area contributed by atoms with Crippen LogP contribution in [0.25, 0.3) is 0 Å². The molecule has 0 spiro atoms. The average molecular weight is 230 g/mol. The molecule has 16 heavy (non-hydrogen) atoms. The predicted molar refractivity (Wildman–Crippen MR) is 51.8 cm³/mol. The fourth-order valence-corrected chi connectivity index (χ4v) is 1.49. The Labute approximate surface area is 89.7 Å². The molecule has 1 aromatic carbocycles. The molecule has 0 aliphatic carbocycles. The van der Waals surface area contributed by atoms with Gasteiger partial charge in [0.25, 0.3) is 6.02 Å². The number of amidine groups is 1. The van der Waals surface area contributed by atoms with Crippen LogP contribution in [-0.2, 0) is 10.9 Å². The third-order valence-electron chi connectivity index (χ3n) is 2.27. The topological polar surface area (TPSA) is 47.6 Å². The van der Waals surface area contributed by atoms with E-state index in [1.54, 1.807) is 6.07 Å². The van der Waals surface area contributed by atoms with Crippen LogP contribution in [0.15, 0.2) is 29.3 Å². The van der Waals surface area contributed by atoms with E-state index in [1.165, 1.54) is 6.07 Å². The number of ether oxygens (including phenoxy) is 1. The maximum absolute atomic E-state index is 12.4. The van der Waals surface area contributed by atoms with Crippen molar-refractivity contribution in [2.24, 2.45) is 10.7 Å². The van der Waals surface area contributed by atoms with Gasteiger partial charge < -0.3 is 10.5 Å². The van der Waals surface area contributed by atoms with Gasteiger partial charge in [-0.2, -0.15) is 13.2 Å². The minimum Gasteiger partial charge on any atom is -0.463 e. The van der Waals surface area contributed by atoms with Gasteiger partial charge in [0.15, 0.2) is 0 Å². The zero-order chi connectivity index (χ0) is 11.8. The number of benzene rings is 1. The number of alkyl halides is 3. The minimum atomic E-state index is -4.34. The van der Waals surface area contributed by atoms with E-state index in [0.29, 0.717) is 5.56 Å². The standard InChI is InChI=1S/C10H9F3N2O/c11-10(12,13)7-3-1-2-6(4-7)8-5-16-9(14)15-8/h1-4,8H,5H2,(H2,14,15). The first-order valence-corrected chi connectivity index (χ1v) is 4.60. The fourth-order valence-electron chi connectivity index (χ4n) is 1.49. The van der Waals surface area contributed by atoms with Gasteiger partial charge in [0.05, 0.1) is 5.56 Å². The molecule has 6 heteroatoms. The van der Waals surface area contributed by atoms with Gasteiger partial charge in [0.2, 0.25) is 0 Å². The van der Waals surface area contributed by atoms with Crippen molar-refractivity contribution >= 4 is 6.02 Å². The first-order chi connectivity index (χ1) is 7.47. The molecule has 2 N–H and O–H groups in total. The van der Waals surface area contributed by atoms with Crippen molar-refractivity contribution in [2.75, 3.05) is 6.61 Å². The van der Waals surface area contributed by atoms with E-state index in [-0.39, 0.29) is 12.6 Å². The van der Waals surface area contributed by atoms with Gasteiger partial charge in [-0.3, -0.25) is 0 Å². The van der Waals surface area contributed by atoms with Crippen LogP contribution in [0.5, 0.6) is 0 Å². The summed E-state index contributed by atoms with van der Waals surface area (Å²) in [5.74, 6) is 0. The largest absolute Gasteiger partial charge is 0.463 e. The Morgan fingerprint density at radius 1 is 1.38 bits per heavy atom. The normalized spacial score (nSPS) is 20.4. The van der Waals surface area contributed by atoms with Crippen LogP contribution in [0, 0.1) is 0 Å². The van der Waals surface area contributed by atoms with E-state index >= 15 is 0 Å². The van der Waals surface area contributed by atoms with Crippen LogP contribution in [0.1, 0.15) is 17.2 Å². The zero-order valence-electron chi connectivity index (χ0n) is 8.16. The maximum atomic E-state index is 12.4. The highest BCUT2D eigenvalue weighted by molar-refractivity contribution is 5.73. The summed E-state index contributed by atoms with van der Waals surface area (Å²) in [4.78, 5) is 3.89. The molecule has 0 fully saturated rings. The smallest absolute Gasteiger partial charge is 0.416 e. The van der Waals surface area contributed by atoms with Crippen molar-refractivity contribution in [3.8, 4) is 0 Å². The molecule has 1 aliphatic rings. The van der Waals surface area contributed by atoms with E-state index in [4.69, 9.17) is 10.5 Å². The quantitative estimate of drug-likeness (QED) is 0.803. The van der Waals surface area contributed by atoms with Crippen LogP contribution in [0.3, 0.4) is 0 Å². The molecule has 1 atom stereocenters. The van der Waals surface area contributed by atoms with Gasteiger partial charge in [-0.1, -0.05) is 12.1 Å². The lowest BCUT2D eigenvalue weighted by atomic mass is 10.1. The Morgan fingerprint density at radius 2 is 2.12 bits per heavy atom. The van der Waals surface area contributed by atoms with Gasteiger partial charge in [0, 0.05) is 0 Å². The number of hydrogen-bond donors (Lipinski definition) is 1. The van der Waals surface area contributed by atoms with Crippen LogP contribution >= 0.6 is 0 Å². The lowest BCUT2D eigenvalue weighted by molar-refractivity contribution is -0.137. The summed E-state index contributed by atoms with van der Waals surface area (Å²) in [6, 6.07) is 4.58. The molecule has 2 rings (SSSR count). The summed E-state index contributed by atoms with van der Waals surface area (Å²) < 4.78 is 42.2. The Bertz CT molecular complexity index is 428. The third kappa shape index (κ3) is 2.10. The first-order valence-electron chi connectivity index (χ1n) is 4.60. The van der Waals surface area contributed by atoms with Crippen molar-refractivity contribution < 1.29 is 17.9 Å². The number of rotatable bonds is 1. The number of hydrogen-bond acceptors (Lipinski definition) is 3. The Hall–Kier alpha value is -1.72. The van der Waals surface area contributed by atoms with Crippen LogP contribution in [-0.4, -0.2) is 12.6 Å². The summed E-state index contributed by atoms with van der Waals surface area (Å²) in [6.07, 6.45) is -4.34. The third-order valence-corrected chi connectivity index (χ3v) is 2.27. The fraction of sp³-hybridized carbons (Fsp3) is 0.300. The Kier molecular flexibility index (Phi) is 2.49. The van der Waals surface area contributed by atoms with E-state index in [2.05, 4.69) is 4.99 Å². The van der Waals surface area contributed by atoms with Crippen molar-refractivity contribution in [2.45, 2.75) is 12.2 Å². The lowest BCUT2D eigenvalue weighted by Crippen LogP contribution is -2.10. The molecule has 0 bridgehead atoms. The van der Waals surface area contributed by atoms with Crippen molar-refractivity contribution in [1.82, 2.24) is 0 Å². The minimum absolute atomic E-state index is 0.0161. The molecule has 0 amide bonds. The lowest BCUT2D eigenvalue weighted by Gasteiger charge is -2.10. The van der Waals surface area contributed by atoms with E-state index in [1.807, 2.05) is 0 Å². The molecule has 1 unspecified atom stereocenters. The first kappa shape index (κ1) is 10.8. The molecular formula is C10H9F3N2O. The highest BCUT2D eigenvalue weighted by atomic mass is 19.4. The molecule has 0 saturated carbocycles. The summed E-state index contributed by atoms with van der Waals surface area (Å²) in [6.45, 7) is 0.188. The summed E-state index contributed by atoms with van der Waals surface area (Å²) in [7, 11) is 0. The van der Waals surface area contributed by atoms with E-state index in [0.717, 1.165) is 12.1 Å². The van der Waals surface area contributed by atoms with Crippen molar-refractivity contribution in [3.63, 3.8) is 0 Å². The number of aliphatic imine (C=N–C) groups is 1. The van der Waals surface area contributed by atoms with E-state index in [9.17, 15) is 13.2 Å². The molecule has 1 aromatic rings. The predicted octanol–water partition coefficient (Wildman–Crippen LogP) is 2.09. The molecular weight excluding hydrogens is 221 g/mol. The molecule has 1 aliphatic heterocycles. The highest BCUT2D eigenvalue weighted by Crippen LogP contribution is 2.32. The average Bonchev–Trinajstić information content (AvgIpc) is 2.64. The summed E-state index contributed by atoms with van der Waals surface area (Å²) in [5.41, 5.74) is 5.06. The molecule has 0 radical (unpaired) electrons. The van der Waals surface area contributed by atoms with Gasteiger partial charge >= 0.3 is 6.18 Å². The molecule has 3 nitrogen and oxygen atoms in total. The molecule has 1 heterocycles. The van der Waals surface area contributed by atoms with Crippen molar-refractivity contribution in [3.05, 3.63) is 35.4 Å². The van der Waals surface area contributed by atoms with Gasteiger partial charge in [-0.15, -0.1) is 0 Å². The van der Waals surface area contributed by atoms with Crippen LogP contribution in [0.2, 0.25) is 0 Å². The van der Waals surface area contributed by atoms with Crippen LogP contribution in [0.4, 0.5) is 13.2 Å². The van der Waals surface area contributed by atoms with Crippen LogP contribution < -0.4 is 5.73 Å². The number of halogens is 3. The second-order valence-corrected chi connectivity index (χ2v) is 3.42. The maximum Gasteiger partial charge on any atom is 0.416 e.